The van der Waals surface area contributed by atoms with E-state index >= 15 is 0 Å². The number of hydrogen-bond donors (Lipinski definition) is 0. The van der Waals surface area contributed by atoms with Crippen molar-refractivity contribution in [2.45, 2.75) is 39.2 Å². The SMILES string of the molecule is C=C(C)C(=O)OC1(C)C(C)C2CCC1C2COC. The molecule has 2 aliphatic carbocycles. The number of carbonyl (C=O) groups excluding carboxylic acids is 1. The minimum Gasteiger partial charge on any atom is -0.455 e. The Balaban J connectivity index is 2.18. The molecule has 5 atom stereocenters. The van der Waals surface area contributed by atoms with Gasteiger partial charge in [0.2, 0.25) is 0 Å². The summed E-state index contributed by atoms with van der Waals surface area (Å²) in [5.74, 6) is 1.74. The van der Waals surface area contributed by atoms with E-state index in [0.29, 0.717) is 29.2 Å². The molecule has 3 heteroatoms. The minimum absolute atomic E-state index is 0.256. The van der Waals surface area contributed by atoms with E-state index in [1.165, 1.54) is 6.42 Å². The van der Waals surface area contributed by atoms with Gasteiger partial charge in [0.05, 0.1) is 0 Å². The van der Waals surface area contributed by atoms with Crippen LogP contribution in [0.3, 0.4) is 0 Å². The van der Waals surface area contributed by atoms with Gasteiger partial charge < -0.3 is 9.47 Å². The van der Waals surface area contributed by atoms with Gasteiger partial charge in [-0.2, -0.15) is 0 Å². The van der Waals surface area contributed by atoms with Crippen molar-refractivity contribution in [1.82, 2.24) is 0 Å². The highest BCUT2D eigenvalue weighted by Gasteiger charge is 2.61. The van der Waals surface area contributed by atoms with E-state index in [1.54, 1.807) is 14.0 Å². The summed E-state index contributed by atoms with van der Waals surface area (Å²) in [5, 5.41) is 0. The van der Waals surface area contributed by atoms with Crippen LogP contribution in [0.25, 0.3) is 0 Å². The molecule has 0 radical (unpaired) electrons. The van der Waals surface area contributed by atoms with Crippen LogP contribution in [0, 0.1) is 23.7 Å². The average Bonchev–Trinajstić information content (AvgIpc) is 2.78. The molecule has 0 aromatic heterocycles. The molecule has 102 valence electrons. The van der Waals surface area contributed by atoms with Crippen molar-refractivity contribution in [2.75, 3.05) is 13.7 Å². The third-order valence-corrected chi connectivity index (χ3v) is 5.18. The van der Waals surface area contributed by atoms with Crippen LogP contribution in [0.1, 0.15) is 33.6 Å². The fraction of sp³-hybridized carbons (Fsp3) is 0.800. The lowest BCUT2D eigenvalue weighted by Gasteiger charge is -2.39. The molecule has 3 nitrogen and oxygen atoms in total. The number of rotatable bonds is 4. The zero-order valence-corrected chi connectivity index (χ0v) is 11.9. The molecule has 0 aliphatic heterocycles. The number of hydrogen-bond acceptors (Lipinski definition) is 3. The zero-order chi connectivity index (χ0) is 13.5. The number of ether oxygens (including phenoxy) is 2. The van der Waals surface area contributed by atoms with Gasteiger partial charge in [0, 0.05) is 25.2 Å². The number of carbonyl (C=O) groups is 1. The van der Waals surface area contributed by atoms with Crippen LogP contribution in [0.15, 0.2) is 12.2 Å². The van der Waals surface area contributed by atoms with E-state index in [2.05, 4.69) is 20.4 Å². The number of methoxy groups -OCH3 is 1. The fourth-order valence-corrected chi connectivity index (χ4v) is 4.08. The standard InChI is InChI=1S/C15H24O3/c1-9(2)14(16)18-15(4)10(3)11-6-7-13(15)12(11)8-17-5/h10-13H,1,6-8H2,2-5H3. The molecule has 2 aliphatic rings. The van der Waals surface area contributed by atoms with Crippen molar-refractivity contribution in [3.8, 4) is 0 Å². The van der Waals surface area contributed by atoms with Gasteiger partial charge in [-0.25, -0.2) is 4.79 Å². The van der Waals surface area contributed by atoms with Gasteiger partial charge in [-0.1, -0.05) is 13.5 Å². The largest absolute Gasteiger partial charge is 0.455 e. The third-order valence-electron chi connectivity index (χ3n) is 5.18. The van der Waals surface area contributed by atoms with Gasteiger partial charge in [0.25, 0.3) is 0 Å². The molecule has 0 saturated heterocycles. The van der Waals surface area contributed by atoms with Gasteiger partial charge in [0.1, 0.15) is 5.60 Å². The smallest absolute Gasteiger partial charge is 0.333 e. The Hall–Kier alpha value is -0.830. The van der Waals surface area contributed by atoms with Crippen molar-refractivity contribution in [3.63, 3.8) is 0 Å². The second-order valence-electron chi connectivity index (χ2n) is 6.11. The van der Waals surface area contributed by atoms with E-state index in [1.807, 2.05) is 0 Å². The Morgan fingerprint density at radius 3 is 2.67 bits per heavy atom. The van der Waals surface area contributed by atoms with E-state index in [0.717, 1.165) is 13.0 Å². The van der Waals surface area contributed by atoms with Crippen LogP contribution in [-0.2, 0) is 14.3 Å². The van der Waals surface area contributed by atoms with Crippen molar-refractivity contribution >= 4 is 5.97 Å². The van der Waals surface area contributed by atoms with Gasteiger partial charge in [-0.3, -0.25) is 0 Å². The lowest BCUT2D eigenvalue weighted by Crippen LogP contribution is -2.44. The summed E-state index contributed by atoms with van der Waals surface area (Å²) in [4.78, 5) is 11.8. The molecule has 0 spiro atoms. The third kappa shape index (κ3) is 1.89. The molecule has 5 unspecified atom stereocenters. The lowest BCUT2D eigenvalue weighted by molar-refractivity contribution is -0.165. The zero-order valence-electron chi connectivity index (χ0n) is 11.9. The summed E-state index contributed by atoms with van der Waals surface area (Å²) in [6.45, 7) is 10.4. The van der Waals surface area contributed by atoms with Crippen LogP contribution >= 0.6 is 0 Å². The molecule has 2 bridgehead atoms. The van der Waals surface area contributed by atoms with Gasteiger partial charge in [0.15, 0.2) is 0 Å². The van der Waals surface area contributed by atoms with E-state index in [-0.39, 0.29) is 11.6 Å². The molecule has 2 fully saturated rings. The van der Waals surface area contributed by atoms with E-state index in [9.17, 15) is 4.79 Å². The van der Waals surface area contributed by atoms with Crippen molar-refractivity contribution < 1.29 is 14.3 Å². The van der Waals surface area contributed by atoms with Crippen LogP contribution in [-0.4, -0.2) is 25.3 Å². The Morgan fingerprint density at radius 2 is 2.11 bits per heavy atom. The first-order valence-electron chi connectivity index (χ1n) is 6.79. The van der Waals surface area contributed by atoms with Gasteiger partial charge in [-0.05, 0) is 44.4 Å². The molecular formula is C15H24O3. The maximum atomic E-state index is 11.8. The summed E-state index contributed by atoms with van der Waals surface area (Å²) in [5.41, 5.74) is 0.136. The monoisotopic (exact) mass is 252 g/mol. The topological polar surface area (TPSA) is 35.5 Å². The summed E-state index contributed by atoms with van der Waals surface area (Å²) in [6.07, 6.45) is 2.38. The van der Waals surface area contributed by atoms with Crippen LogP contribution in [0.5, 0.6) is 0 Å². The second kappa shape index (κ2) is 4.69. The molecule has 0 amide bonds. The molecule has 0 aromatic carbocycles. The Labute approximate surface area is 110 Å². The summed E-state index contributed by atoms with van der Waals surface area (Å²) >= 11 is 0. The predicted octanol–water partition coefficient (Wildman–Crippen LogP) is 2.80. The average molecular weight is 252 g/mol. The Bertz CT molecular complexity index is 363. The first-order valence-corrected chi connectivity index (χ1v) is 6.79. The molecule has 0 aromatic rings. The van der Waals surface area contributed by atoms with Crippen LogP contribution < -0.4 is 0 Å². The first kappa shape index (κ1) is 13.6. The predicted molar refractivity (Wildman–Crippen MR) is 70.1 cm³/mol. The fourth-order valence-electron chi connectivity index (χ4n) is 4.08. The van der Waals surface area contributed by atoms with E-state index in [4.69, 9.17) is 9.47 Å². The van der Waals surface area contributed by atoms with Gasteiger partial charge >= 0.3 is 5.97 Å². The quantitative estimate of drug-likeness (QED) is 0.570. The molecular weight excluding hydrogens is 228 g/mol. The summed E-state index contributed by atoms with van der Waals surface area (Å²) < 4.78 is 11.1. The lowest BCUT2D eigenvalue weighted by atomic mass is 9.77. The first-order chi connectivity index (χ1) is 8.41. The molecule has 2 rings (SSSR count). The molecule has 0 N–H and O–H groups in total. The van der Waals surface area contributed by atoms with Crippen molar-refractivity contribution in [1.29, 1.82) is 0 Å². The molecule has 2 saturated carbocycles. The van der Waals surface area contributed by atoms with Crippen molar-refractivity contribution in [3.05, 3.63) is 12.2 Å². The van der Waals surface area contributed by atoms with E-state index < -0.39 is 0 Å². The number of esters is 1. The molecule has 0 heterocycles. The second-order valence-corrected chi connectivity index (χ2v) is 6.11. The van der Waals surface area contributed by atoms with Crippen LogP contribution in [0.2, 0.25) is 0 Å². The van der Waals surface area contributed by atoms with Crippen LogP contribution in [0.4, 0.5) is 0 Å². The normalized spacial score (nSPS) is 42.0. The number of fused-ring (bicyclic) bond motifs is 2. The van der Waals surface area contributed by atoms with Crippen molar-refractivity contribution in [2.24, 2.45) is 23.7 Å². The summed E-state index contributed by atoms with van der Waals surface area (Å²) in [6, 6.07) is 0. The van der Waals surface area contributed by atoms with Gasteiger partial charge in [-0.15, -0.1) is 0 Å². The Kier molecular flexibility index (Phi) is 3.54. The summed E-state index contributed by atoms with van der Waals surface area (Å²) in [7, 11) is 1.75. The minimum atomic E-state index is -0.345. The Morgan fingerprint density at radius 1 is 1.44 bits per heavy atom. The molecule has 18 heavy (non-hydrogen) atoms. The highest BCUT2D eigenvalue weighted by Crippen LogP contribution is 2.59. The highest BCUT2D eigenvalue weighted by molar-refractivity contribution is 5.87. The maximum Gasteiger partial charge on any atom is 0.333 e. The highest BCUT2D eigenvalue weighted by atomic mass is 16.6. The maximum absolute atomic E-state index is 11.8.